The summed E-state index contributed by atoms with van der Waals surface area (Å²) in [6, 6.07) is 17.7. The highest BCUT2D eigenvalue weighted by Gasteiger charge is 2.17. The van der Waals surface area contributed by atoms with E-state index in [9.17, 15) is 4.79 Å². The zero-order valence-corrected chi connectivity index (χ0v) is 13.7. The third-order valence-electron chi connectivity index (χ3n) is 3.29. The van der Waals surface area contributed by atoms with Crippen molar-refractivity contribution >= 4 is 17.7 Å². The molecule has 2 aromatic rings. The maximum absolute atomic E-state index is 12.3. The standard InChI is InChI=1S/C18H21NO2S/c1-3-17(22-16-11-7-10-15(12-16)21-2)18(20)19-13-14-8-5-4-6-9-14/h4-12,17H,3,13H2,1-2H3,(H,19,20). The highest BCUT2D eigenvalue weighted by molar-refractivity contribution is 8.00. The maximum Gasteiger partial charge on any atom is 0.233 e. The Labute approximate surface area is 136 Å². The second-order valence-corrected chi connectivity index (χ2v) is 6.17. The molecule has 0 aliphatic carbocycles. The minimum absolute atomic E-state index is 0.0687. The Bertz CT molecular complexity index is 601. The van der Waals surface area contributed by atoms with Gasteiger partial charge in [-0.1, -0.05) is 43.3 Å². The van der Waals surface area contributed by atoms with Crippen molar-refractivity contribution < 1.29 is 9.53 Å². The Morgan fingerprint density at radius 2 is 1.95 bits per heavy atom. The van der Waals surface area contributed by atoms with Gasteiger partial charge in [0, 0.05) is 11.4 Å². The summed E-state index contributed by atoms with van der Waals surface area (Å²) in [5, 5.41) is 2.91. The summed E-state index contributed by atoms with van der Waals surface area (Å²) in [5.41, 5.74) is 1.11. The van der Waals surface area contributed by atoms with Crippen molar-refractivity contribution in [2.75, 3.05) is 7.11 Å². The van der Waals surface area contributed by atoms with Gasteiger partial charge in [0.05, 0.1) is 12.4 Å². The summed E-state index contributed by atoms with van der Waals surface area (Å²) >= 11 is 1.57. The van der Waals surface area contributed by atoms with E-state index in [2.05, 4.69) is 5.32 Å². The van der Waals surface area contributed by atoms with Crippen LogP contribution in [-0.2, 0) is 11.3 Å². The zero-order valence-electron chi connectivity index (χ0n) is 12.9. The number of hydrogen-bond acceptors (Lipinski definition) is 3. The lowest BCUT2D eigenvalue weighted by Gasteiger charge is -2.15. The minimum Gasteiger partial charge on any atom is -0.497 e. The molecule has 3 nitrogen and oxygen atoms in total. The van der Waals surface area contributed by atoms with Gasteiger partial charge in [0.2, 0.25) is 5.91 Å². The first-order valence-electron chi connectivity index (χ1n) is 7.35. The first-order chi connectivity index (χ1) is 10.7. The minimum atomic E-state index is -0.101. The van der Waals surface area contributed by atoms with Crippen LogP contribution in [0.25, 0.3) is 0 Å². The van der Waals surface area contributed by atoms with E-state index in [0.29, 0.717) is 6.54 Å². The predicted octanol–water partition coefficient (Wildman–Crippen LogP) is 3.88. The van der Waals surface area contributed by atoms with E-state index in [0.717, 1.165) is 22.6 Å². The molecule has 0 aliphatic rings. The van der Waals surface area contributed by atoms with Crippen LogP contribution >= 0.6 is 11.8 Å². The fourth-order valence-corrected chi connectivity index (χ4v) is 3.09. The van der Waals surface area contributed by atoms with Crippen molar-refractivity contribution in [3.63, 3.8) is 0 Å². The van der Waals surface area contributed by atoms with Crippen LogP contribution in [0, 0.1) is 0 Å². The lowest BCUT2D eigenvalue weighted by atomic mass is 10.2. The Kier molecular flexibility index (Phi) is 6.34. The third kappa shape index (κ3) is 4.81. The van der Waals surface area contributed by atoms with Gasteiger partial charge in [0.15, 0.2) is 0 Å². The van der Waals surface area contributed by atoms with E-state index in [4.69, 9.17) is 4.74 Å². The number of ether oxygens (including phenoxy) is 1. The summed E-state index contributed by atoms with van der Waals surface area (Å²) < 4.78 is 5.22. The van der Waals surface area contributed by atoms with Crippen LogP contribution in [0.4, 0.5) is 0 Å². The molecule has 0 heterocycles. The molecule has 1 N–H and O–H groups in total. The van der Waals surface area contributed by atoms with Crippen molar-refractivity contribution in [3.8, 4) is 5.75 Å². The normalized spacial score (nSPS) is 11.7. The number of hydrogen-bond donors (Lipinski definition) is 1. The molecule has 0 radical (unpaired) electrons. The molecular formula is C18H21NO2S. The van der Waals surface area contributed by atoms with Crippen molar-refractivity contribution in [3.05, 3.63) is 60.2 Å². The molecule has 2 aromatic carbocycles. The average Bonchev–Trinajstić information content (AvgIpc) is 2.58. The van der Waals surface area contributed by atoms with Crippen molar-refractivity contribution in [1.82, 2.24) is 5.32 Å². The van der Waals surface area contributed by atoms with Crippen LogP contribution in [0.5, 0.6) is 5.75 Å². The van der Waals surface area contributed by atoms with Gasteiger partial charge in [-0.3, -0.25) is 4.79 Å². The first-order valence-corrected chi connectivity index (χ1v) is 8.23. The van der Waals surface area contributed by atoms with E-state index in [-0.39, 0.29) is 11.2 Å². The fourth-order valence-electron chi connectivity index (χ4n) is 2.06. The highest BCUT2D eigenvalue weighted by Crippen LogP contribution is 2.28. The number of carbonyl (C=O) groups excluding carboxylic acids is 1. The van der Waals surface area contributed by atoms with Gasteiger partial charge in [-0.15, -0.1) is 11.8 Å². The van der Waals surface area contributed by atoms with Crippen LogP contribution in [0.15, 0.2) is 59.5 Å². The number of carbonyl (C=O) groups is 1. The van der Waals surface area contributed by atoms with Crippen molar-refractivity contribution in [2.24, 2.45) is 0 Å². The number of thioether (sulfide) groups is 1. The second kappa shape index (κ2) is 8.49. The molecule has 0 aromatic heterocycles. The Balaban J connectivity index is 1.93. The van der Waals surface area contributed by atoms with E-state index < -0.39 is 0 Å². The molecule has 2 rings (SSSR count). The molecule has 0 saturated carbocycles. The Hall–Kier alpha value is -1.94. The zero-order chi connectivity index (χ0) is 15.8. The molecule has 1 amide bonds. The molecule has 0 saturated heterocycles. The molecule has 0 fully saturated rings. The second-order valence-electron chi connectivity index (χ2n) is 4.90. The highest BCUT2D eigenvalue weighted by atomic mass is 32.2. The topological polar surface area (TPSA) is 38.3 Å². The van der Waals surface area contributed by atoms with Crippen LogP contribution in [0.1, 0.15) is 18.9 Å². The average molecular weight is 315 g/mol. The van der Waals surface area contributed by atoms with E-state index >= 15 is 0 Å². The van der Waals surface area contributed by atoms with Gasteiger partial charge >= 0.3 is 0 Å². The Morgan fingerprint density at radius 1 is 1.18 bits per heavy atom. The molecule has 0 spiro atoms. The molecule has 116 valence electrons. The molecular weight excluding hydrogens is 294 g/mol. The van der Waals surface area contributed by atoms with Gasteiger partial charge in [-0.2, -0.15) is 0 Å². The number of nitrogens with one attached hydrogen (secondary N) is 1. The third-order valence-corrected chi connectivity index (χ3v) is 4.65. The monoisotopic (exact) mass is 315 g/mol. The molecule has 1 atom stereocenters. The summed E-state index contributed by atoms with van der Waals surface area (Å²) in [6.07, 6.45) is 0.780. The number of methoxy groups -OCH3 is 1. The summed E-state index contributed by atoms with van der Waals surface area (Å²) in [4.78, 5) is 13.4. The lowest BCUT2D eigenvalue weighted by Crippen LogP contribution is -2.31. The van der Waals surface area contributed by atoms with Gasteiger partial charge in [-0.05, 0) is 30.2 Å². The van der Waals surface area contributed by atoms with E-state index in [1.54, 1.807) is 18.9 Å². The van der Waals surface area contributed by atoms with Crippen LogP contribution in [-0.4, -0.2) is 18.3 Å². The number of benzene rings is 2. The maximum atomic E-state index is 12.3. The largest absolute Gasteiger partial charge is 0.497 e. The number of amides is 1. The summed E-state index contributed by atoms with van der Waals surface area (Å²) in [7, 11) is 1.65. The van der Waals surface area contributed by atoms with Gasteiger partial charge in [-0.25, -0.2) is 0 Å². The molecule has 1 unspecified atom stereocenters. The van der Waals surface area contributed by atoms with Gasteiger partial charge < -0.3 is 10.1 Å². The molecule has 4 heteroatoms. The molecule has 0 bridgehead atoms. The van der Waals surface area contributed by atoms with Crippen LogP contribution in [0.3, 0.4) is 0 Å². The quantitative estimate of drug-likeness (QED) is 0.788. The predicted molar refractivity (Wildman–Crippen MR) is 91.2 cm³/mol. The summed E-state index contributed by atoms with van der Waals surface area (Å²) in [5.74, 6) is 0.878. The first kappa shape index (κ1) is 16.4. The van der Waals surface area contributed by atoms with Crippen molar-refractivity contribution in [1.29, 1.82) is 0 Å². The van der Waals surface area contributed by atoms with E-state index in [1.165, 1.54) is 0 Å². The van der Waals surface area contributed by atoms with Gasteiger partial charge in [0.1, 0.15) is 5.75 Å². The van der Waals surface area contributed by atoms with Crippen molar-refractivity contribution in [2.45, 2.75) is 30.0 Å². The van der Waals surface area contributed by atoms with Crippen LogP contribution in [0.2, 0.25) is 0 Å². The lowest BCUT2D eigenvalue weighted by molar-refractivity contribution is -0.120. The molecule has 22 heavy (non-hydrogen) atoms. The number of rotatable bonds is 7. The summed E-state index contributed by atoms with van der Waals surface area (Å²) in [6.45, 7) is 2.59. The van der Waals surface area contributed by atoms with Gasteiger partial charge in [0.25, 0.3) is 0 Å². The Morgan fingerprint density at radius 3 is 2.64 bits per heavy atom. The fraction of sp³-hybridized carbons (Fsp3) is 0.278. The smallest absolute Gasteiger partial charge is 0.233 e. The van der Waals surface area contributed by atoms with Crippen LogP contribution < -0.4 is 10.1 Å². The SMILES string of the molecule is CCC(Sc1cccc(OC)c1)C(=O)NCc1ccccc1. The van der Waals surface area contributed by atoms with E-state index in [1.807, 2.05) is 61.5 Å². The molecule has 0 aliphatic heterocycles.